The van der Waals surface area contributed by atoms with Crippen molar-refractivity contribution in [3.8, 4) is 0 Å². The van der Waals surface area contributed by atoms with Crippen LogP contribution in [-0.2, 0) is 20.7 Å². The molecule has 7 nitrogen and oxygen atoms in total. The van der Waals surface area contributed by atoms with Crippen molar-refractivity contribution in [3.63, 3.8) is 0 Å². The Kier molecular flexibility index (Phi) is 7.30. The SMILES string of the molecule is CC[C@H](NC1Cc2ccc(Cl)cc2C(=O)N1[C@@H](CC)C(=O)OC(C)(C)C)C(=O)O. The summed E-state index contributed by atoms with van der Waals surface area (Å²) in [4.78, 5) is 39.2. The number of carboxylic acid groups (broad SMARTS) is 1. The molecule has 1 aliphatic rings. The fourth-order valence-electron chi connectivity index (χ4n) is 3.45. The summed E-state index contributed by atoms with van der Waals surface area (Å²) in [6.07, 6.45) is 0.375. The molecule has 0 radical (unpaired) electrons. The van der Waals surface area contributed by atoms with Gasteiger partial charge < -0.3 is 14.7 Å². The number of hydrogen-bond donors (Lipinski definition) is 2. The fraction of sp³-hybridized carbons (Fsp3) is 0.571. The van der Waals surface area contributed by atoms with E-state index in [2.05, 4.69) is 5.32 Å². The predicted molar refractivity (Wildman–Crippen MR) is 110 cm³/mol. The van der Waals surface area contributed by atoms with Crippen LogP contribution in [0.4, 0.5) is 0 Å². The molecule has 1 amide bonds. The number of carboxylic acids is 1. The first-order valence-corrected chi connectivity index (χ1v) is 10.2. The minimum Gasteiger partial charge on any atom is -0.480 e. The Labute approximate surface area is 176 Å². The molecule has 0 aliphatic carbocycles. The average Bonchev–Trinajstić information content (AvgIpc) is 2.61. The van der Waals surface area contributed by atoms with Crippen molar-refractivity contribution in [2.45, 2.75) is 77.7 Å². The molecule has 0 saturated carbocycles. The lowest BCUT2D eigenvalue weighted by Crippen LogP contribution is -2.62. The molecule has 1 aromatic carbocycles. The van der Waals surface area contributed by atoms with E-state index in [-0.39, 0.29) is 5.91 Å². The molecular weight excluding hydrogens is 396 g/mol. The first-order chi connectivity index (χ1) is 13.5. The number of nitrogens with one attached hydrogen (secondary N) is 1. The fourth-order valence-corrected chi connectivity index (χ4v) is 3.63. The number of carbonyl (C=O) groups is 3. The maximum Gasteiger partial charge on any atom is 0.329 e. The molecule has 1 unspecified atom stereocenters. The minimum absolute atomic E-state index is 0.332. The summed E-state index contributed by atoms with van der Waals surface area (Å²) < 4.78 is 5.53. The number of aliphatic carboxylic acids is 1. The van der Waals surface area contributed by atoms with Gasteiger partial charge in [-0.25, -0.2) is 4.79 Å². The number of rotatable bonds is 7. The summed E-state index contributed by atoms with van der Waals surface area (Å²) >= 11 is 6.08. The largest absolute Gasteiger partial charge is 0.480 e. The van der Waals surface area contributed by atoms with Crippen LogP contribution in [-0.4, -0.2) is 51.7 Å². The topological polar surface area (TPSA) is 95.9 Å². The zero-order valence-electron chi connectivity index (χ0n) is 17.5. The van der Waals surface area contributed by atoms with Crippen molar-refractivity contribution < 1.29 is 24.2 Å². The summed E-state index contributed by atoms with van der Waals surface area (Å²) in [5, 5.41) is 12.9. The van der Waals surface area contributed by atoms with E-state index in [1.807, 2.05) is 0 Å². The molecule has 1 heterocycles. The summed E-state index contributed by atoms with van der Waals surface area (Å²) in [7, 11) is 0. The van der Waals surface area contributed by atoms with Gasteiger partial charge in [0.15, 0.2) is 0 Å². The first-order valence-electron chi connectivity index (χ1n) is 9.81. The molecule has 0 saturated heterocycles. The molecular formula is C21H29ClN2O5. The second-order valence-electron chi connectivity index (χ2n) is 8.16. The number of hydrogen-bond acceptors (Lipinski definition) is 5. The number of benzene rings is 1. The number of esters is 1. The van der Waals surface area contributed by atoms with Crippen LogP contribution in [0.25, 0.3) is 0 Å². The van der Waals surface area contributed by atoms with Gasteiger partial charge in [-0.2, -0.15) is 0 Å². The Balaban J connectivity index is 2.47. The second-order valence-corrected chi connectivity index (χ2v) is 8.59. The number of fused-ring (bicyclic) bond motifs is 1. The highest BCUT2D eigenvalue weighted by molar-refractivity contribution is 6.31. The lowest BCUT2D eigenvalue weighted by Gasteiger charge is -2.42. The highest BCUT2D eigenvalue weighted by Crippen LogP contribution is 2.29. The molecule has 2 rings (SSSR count). The van der Waals surface area contributed by atoms with Gasteiger partial charge in [0.25, 0.3) is 5.91 Å². The van der Waals surface area contributed by atoms with E-state index in [0.29, 0.717) is 29.8 Å². The highest BCUT2D eigenvalue weighted by atomic mass is 35.5. The molecule has 29 heavy (non-hydrogen) atoms. The quantitative estimate of drug-likeness (QED) is 0.652. The second kappa shape index (κ2) is 9.13. The van der Waals surface area contributed by atoms with E-state index in [1.165, 1.54) is 4.90 Å². The van der Waals surface area contributed by atoms with E-state index in [0.717, 1.165) is 5.56 Å². The van der Waals surface area contributed by atoms with Gasteiger partial charge in [-0.3, -0.25) is 14.9 Å². The normalized spacial score (nSPS) is 18.8. The zero-order chi connectivity index (χ0) is 21.9. The van der Waals surface area contributed by atoms with Gasteiger partial charge in [0.05, 0.1) is 6.17 Å². The molecule has 0 bridgehead atoms. The number of nitrogens with zero attached hydrogens (tertiary/aromatic N) is 1. The molecule has 8 heteroatoms. The monoisotopic (exact) mass is 424 g/mol. The van der Waals surface area contributed by atoms with E-state index in [9.17, 15) is 19.5 Å². The van der Waals surface area contributed by atoms with Crippen LogP contribution in [0.5, 0.6) is 0 Å². The highest BCUT2D eigenvalue weighted by Gasteiger charge is 2.42. The van der Waals surface area contributed by atoms with Crippen LogP contribution in [0.1, 0.15) is 63.4 Å². The van der Waals surface area contributed by atoms with Gasteiger partial charge in [-0.15, -0.1) is 0 Å². The van der Waals surface area contributed by atoms with Crippen molar-refractivity contribution in [3.05, 3.63) is 34.3 Å². The van der Waals surface area contributed by atoms with E-state index in [4.69, 9.17) is 16.3 Å². The van der Waals surface area contributed by atoms with E-state index < -0.39 is 35.8 Å². The summed E-state index contributed by atoms with van der Waals surface area (Å²) in [5.41, 5.74) is 0.467. The first kappa shape index (κ1) is 23.2. The van der Waals surface area contributed by atoms with Gasteiger partial charge >= 0.3 is 11.9 Å². The van der Waals surface area contributed by atoms with Crippen molar-refractivity contribution in [2.75, 3.05) is 0 Å². The average molecular weight is 425 g/mol. The number of halogens is 1. The molecule has 3 atom stereocenters. The Morgan fingerprint density at radius 3 is 2.48 bits per heavy atom. The van der Waals surface area contributed by atoms with E-state index in [1.54, 1.807) is 52.8 Å². The van der Waals surface area contributed by atoms with Crippen LogP contribution in [0.3, 0.4) is 0 Å². The van der Waals surface area contributed by atoms with Crippen molar-refractivity contribution in [1.82, 2.24) is 10.2 Å². The van der Waals surface area contributed by atoms with Crippen LogP contribution in [0.15, 0.2) is 18.2 Å². The lowest BCUT2D eigenvalue weighted by atomic mass is 9.94. The maximum atomic E-state index is 13.4. The van der Waals surface area contributed by atoms with Crippen LogP contribution in [0.2, 0.25) is 5.02 Å². The molecule has 0 fully saturated rings. The van der Waals surface area contributed by atoms with Gasteiger partial charge in [-0.1, -0.05) is 31.5 Å². The molecule has 160 valence electrons. The Hall–Kier alpha value is -2.12. The third kappa shape index (κ3) is 5.48. The Bertz CT molecular complexity index is 790. The van der Waals surface area contributed by atoms with Crippen molar-refractivity contribution in [1.29, 1.82) is 0 Å². The van der Waals surface area contributed by atoms with Gasteiger partial charge in [-0.05, 0) is 51.3 Å². The van der Waals surface area contributed by atoms with Crippen LogP contribution >= 0.6 is 11.6 Å². The summed E-state index contributed by atoms with van der Waals surface area (Å²) in [6.45, 7) is 8.83. The van der Waals surface area contributed by atoms with Crippen molar-refractivity contribution in [2.24, 2.45) is 0 Å². The molecule has 0 aromatic heterocycles. The standard InChI is InChI=1S/C21H29ClN2O5/c1-6-15(19(26)27)23-17-10-12-8-9-13(22)11-14(12)18(25)24(17)16(7-2)20(28)29-21(3,4)5/h8-9,11,15-17,23H,6-7,10H2,1-5H3,(H,26,27)/t15-,16-,17?/m0/s1. The van der Waals surface area contributed by atoms with E-state index >= 15 is 0 Å². The van der Waals surface area contributed by atoms with Crippen LogP contribution < -0.4 is 5.32 Å². The smallest absolute Gasteiger partial charge is 0.329 e. The lowest BCUT2D eigenvalue weighted by molar-refractivity contribution is -0.161. The summed E-state index contributed by atoms with van der Waals surface area (Å²) in [5.74, 6) is -1.90. The van der Waals surface area contributed by atoms with Crippen molar-refractivity contribution >= 4 is 29.4 Å². The molecule has 1 aliphatic heterocycles. The van der Waals surface area contributed by atoms with Gasteiger partial charge in [0.2, 0.25) is 0 Å². The number of amides is 1. The number of ether oxygens (including phenoxy) is 1. The van der Waals surface area contributed by atoms with Crippen LogP contribution in [0, 0.1) is 0 Å². The third-order valence-corrected chi connectivity index (χ3v) is 5.02. The zero-order valence-corrected chi connectivity index (χ0v) is 18.2. The maximum absolute atomic E-state index is 13.4. The predicted octanol–water partition coefficient (Wildman–Crippen LogP) is 3.24. The number of carbonyl (C=O) groups excluding carboxylic acids is 2. The van der Waals surface area contributed by atoms with Gasteiger partial charge in [0, 0.05) is 17.0 Å². The minimum atomic E-state index is -1.01. The summed E-state index contributed by atoms with van der Waals surface area (Å²) in [6, 6.07) is 3.34. The Morgan fingerprint density at radius 1 is 1.31 bits per heavy atom. The third-order valence-electron chi connectivity index (χ3n) is 4.79. The molecule has 1 aromatic rings. The van der Waals surface area contributed by atoms with Gasteiger partial charge in [0.1, 0.15) is 17.7 Å². The Morgan fingerprint density at radius 2 is 1.97 bits per heavy atom. The molecule has 0 spiro atoms. The molecule has 2 N–H and O–H groups in total.